The summed E-state index contributed by atoms with van der Waals surface area (Å²) in [7, 11) is 0. The molecule has 0 fully saturated rings. The van der Waals surface area contributed by atoms with Crippen molar-refractivity contribution in [1.29, 1.82) is 0 Å². The zero-order chi connectivity index (χ0) is 16.6. The molecular weight excluding hydrogens is 328 g/mol. The molecule has 0 saturated heterocycles. The molecule has 1 aliphatic rings. The quantitative estimate of drug-likeness (QED) is 0.540. The molecule has 0 N–H and O–H groups in total. The number of aromatic nitrogens is 3. The lowest BCUT2D eigenvalue weighted by Crippen LogP contribution is -2.13. The van der Waals surface area contributed by atoms with Crippen molar-refractivity contribution in [1.82, 2.24) is 14.9 Å². The van der Waals surface area contributed by atoms with E-state index < -0.39 is 0 Å². The highest BCUT2D eigenvalue weighted by Gasteiger charge is 2.20. The summed E-state index contributed by atoms with van der Waals surface area (Å²) in [5.41, 5.74) is 3.20. The van der Waals surface area contributed by atoms with E-state index in [0.717, 1.165) is 33.6 Å². The molecule has 0 saturated carbocycles. The zero-order valence-corrected chi connectivity index (χ0v) is 14.1. The smallest absolute Gasteiger partial charge is 0.187 e. The predicted molar refractivity (Wildman–Crippen MR) is 102 cm³/mol. The minimum absolute atomic E-state index is 0.779. The van der Waals surface area contributed by atoms with Crippen molar-refractivity contribution in [3.63, 3.8) is 0 Å². The van der Waals surface area contributed by atoms with Crippen molar-refractivity contribution in [2.75, 3.05) is 5.75 Å². The average Bonchev–Trinajstić information content (AvgIpc) is 3.11. The van der Waals surface area contributed by atoms with Gasteiger partial charge in [-0.05, 0) is 22.4 Å². The molecule has 5 heteroatoms. The molecular formula is C20H14N4S. The molecule has 120 valence electrons. The largest absolute Gasteiger partial charge is 0.212 e. The highest BCUT2D eigenvalue weighted by atomic mass is 32.2. The fraction of sp³-hybridized carbons (Fsp3) is 0.0500. The summed E-state index contributed by atoms with van der Waals surface area (Å²) in [6.07, 6.45) is 0. The van der Waals surface area contributed by atoms with E-state index in [-0.39, 0.29) is 0 Å². The highest BCUT2D eigenvalue weighted by Crippen LogP contribution is 2.29. The van der Waals surface area contributed by atoms with Gasteiger partial charge >= 0.3 is 0 Å². The van der Waals surface area contributed by atoms with Gasteiger partial charge in [0, 0.05) is 11.3 Å². The monoisotopic (exact) mass is 342 g/mol. The topological polar surface area (TPSA) is 43.1 Å². The Morgan fingerprint density at radius 2 is 1.56 bits per heavy atom. The zero-order valence-electron chi connectivity index (χ0n) is 13.3. The molecule has 25 heavy (non-hydrogen) atoms. The molecule has 5 rings (SSSR count). The summed E-state index contributed by atoms with van der Waals surface area (Å²) in [5, 5.41) is 16.8. The second-order valence-corrected chi connectivity index (χ2v) is 6.82. The third-order valence-corrected chi connectivity index (χ3v) is 5.22. The van der Waals surface area contributed by atoms with Gasteiger partial charge < -0.3 is 0 Å². The Morgan fingerprint density at radius 1 is 0.760 bits per heavy atom. The number of rotatable bonds is 2. The van der Waals surface area contributed by atoms with E-state index in [9.17, 15) is 0 Å². The molecule has 2 heterocycles. The summed E-state index contributed by atoms with van der Waals surface area (Å²) < 4.78 is 1.86. The maximum atomic E-state index is 4.82. The van der Waals surface area contributed by atoms with Crippen LogP contribution >= 0.6 is 11.8 Å². The molecule has 3 aromatic carbocycles. The first-order valence-corrected chi connectivity index (χ1v) is 9.08. The van der Waals surface area contributed by atoms with Gasteiger partial charge in [-0.1, -0.05) is 78.5 Å². The van der Waals surface area contributed by atoms with Crippen LogP contribution in [0.25, 0.3) is 22.2 Å². The normalized spacial score (nSPS) is 13.5. The Balaban J connectivity index is 1.63. The van der Waals surface area contributed by atoms with Crippen molar-refractivity contribution in [2.45, 2.75) is 5.16 Å². The second kappa shape index (κ2) is 5.86. The summed E-state index contributed by atoms with van der Waals surface area (Å²) >= 11 is 1.67. The van der Waals surface area contributed by atoms with E-state index in [2.05, 4.69) is 52.7 Å². The highest BCUT2D eigenvalue weighted by molar-refractivity contribution is 7.99. The van der Waals surface area contributed by atoms with Crippen LogP contribution < -0.4 is 0 Å². The van der Waals surface area contributed by atoms with Crippen LogP contribution in [0.15, 0.2) is 83.1 Å². The number of nitrogens with zero attached hydrogens (tertiary/aromatic N) is 4. The van der Waals surface area contributed by atoms with E-state index in [1.807, 2.05) is 35.0 Å². The van der Waals surface area contributed by atoms with Crippen LogP contribution in [-0.4, -0.2) is 26.3 Å². The second-order valence-electron chi connectivity index (χ2n) is 5.88. The van der Waals surface area contributed by atoms with Gasteiger partial charge in [-0.3, -0.25) is 0 Å². The maximum Gasteiger partial charge on any atom is 0.212 e. The number of benzene rings is 3. The van der Waals surface area contributed by atoms with Gasteiger partial charge in [0.25, 0.3) is 0 Å². The SMILES string of the molecule is c1ccc(C2=Nn3c(nnc3-c3ccc4ccccc4c3)SC2)cc1. The van der Waals surface area contributed by atoms with Crippen LogP contribution in [0.4, 0.5) is 0 Å². The Morgan fingerprint density at radius 3 is 2.44 bits per heavy atom. The summed E-state index contributed by atoms with van der Waals surface area (Å²) in [4.78, 5) is 0. The summed E-state index contributed by atoms with van der Waals surface area (Å²) in [5.74, 6) is 1.58. The number of hydrogen-bond donors (Lipinski definition) is 0. The van der Waals surface area contributed by atoms with Gasteiger partial charge in [0.05, 0.1) is 5.71 Å². The third-order valence-electron chi connectivity index (χ3n) is 4.29. The Labute approximate surface area is 149 Å². The molecule has 4 nitrogen and oxygen atoms in total. The predicted octanol–water partition coefficient (Wildman–Crippen LogP) is 4.46. The lowest BCUT2D eigenvalue weighted by atomic mass is 10.1. The molecule has 0 radical (unpaired) electrons. The van der Waals surface area contributed by atoms with Crippen molar-refractivity contribution in [3.05, 3.63) is 78.4 Å². The number of thioether (sulfide) groups is 1. The van der Waals surface area contributed by atoms with Gasteiger partial charge in [-0.25, -0.2) is 0 Å². The first-order chi connectivity index (χ1) is 12.4. The minimum Gasteiger partial charge on any atom is -0.187 e. The van der Waals surface area contributed by atoms with Crippen LogP contribution in [0.3, 0.4) is 0 Å². The van der Waals surface area contributed by atoms with Gasteiger partial charge in [-0.2, -0.15) is 9.78 Å². The van der Waals surface area contributed by atoms with E-state index in [4.69, 9.17) is 5.10 Å². The van der Waals surface area contributed by atoms with Gasteiger partial charge in [0.15, 0.2) is 5.82 Å². The fourth-order valence-corrected chi connectivity index (χ4v) is 3.85. The number of fused-ring (bicyclic) bond motifs is 2. The molecule has 1 aromatic heterocycles. The van der Waals surface area contributed by atoms with Crippen molar-refractivity contribution >= 4 is 28.2 Å². The van der Waals surface area contributed by atoms with Gasteiger partial charge in [0.1, 0.15) is 0 Å². The molecule has 0 aliphatic carbocycles. The van der Waals surface area contributed by atoms with E-state index in [1.165, 1.54) is 10.8 Å². The standard InChI is InChI=1S/C20H14N4S/c1-2-7-15(8-3-1)18-13-25-20-22-21-19(24(20)23-18)17-11-10-14-6-4-5-9-16(14)12-17/h1-12H,13H2. The Bertz CT molecular complexity index is 1100. The first-order valence-electron chi connectivity index (χ1n) is 8.09. The van der Waals surface area contributed by atoms with E-state index in [1.54, 1.807) is 11.8 Å². The summed E-state index contributed by atoms with van der Waals surface area (Å²) in [6.45, 7) is 0. The maximum absolute atomic E-state index is 4.82. The van der Waals surface area contributed by atoms with Crippen LogP contribution in [0, 0.1) is 0 Å². The fourth-order valence-electron chi connectivity index (χ4n) is 3.01. The molecule has 1 aliphatic heterocycles. The van der Waals surface area contributed by atoms with Crippen LogP contribution in [-0.2, 0) is 0 Å². The molecule has 4 aromatic rings. The number of hydrogen-bond acceptors (Lipinski definition) is 4. The van der Waals surface area contributed by atoms with Crippen molar-refractivity contribution < 1.29 is 0 Å². The average molecular weight is 342 g/mol. The molecule has 0 atom stereocenters. The lowest BCUT2D eigenvalue weighted by molar-refractivity contribution is 0.762. The third kappa shape index (κ3) is 2.53. The first kappa shape index (κ1) is 14.4. The minimum atomic E-state index is 0.779. The van der Waals surface area contributed by atoms with Crippen LogP contribution in [0.1, 0.15) is 5.56 Å². The molecule has 0 unspecified atom stereocenters. The Hall–Kier alpha value is -2.92. The van der Waals surface area contributed by atoms with Gasteiger partial charge in [0.2, 0.25) is 5.16 Å². The van der Waals surface area contributed by atoms with E-state index >= 15 is 0 Å². The van der Waals surface area contributed by atoms with Gasteiger partial charge in [-0.15, -0.1) is 10.2 Å². The molecule has 0 spiro atoms. The van der Waals surface area contributed by atoms with Crippen LogP contribution in [0.2, 0.25) is 0 Å². The molecule has 0 amide bonds. The Kier molecular flexibility index (Phi) is 3.38. The van der Waals surface area contributed by atoms with Crippen LogP contribution in [0.5, 0.6) is 0 Å². The van der Waals surface area contributed by atoms with Crippen molar-refractivity contribution in [2.24, 2.45) is 5.10 Å². The lowest BCUT2D eigenvalue weighted by Gasteiger charge is -2.14. The molecule has 0 bridgehead atoms. The summed E-state index contributed by atoms with van der Waals surface area (Å²) in [6, 6.07) is 24.9. The van der Waals surface area contributed by atoms with Crippen molar-refractivity contribution in [3.8, 4) is 11.4 Å². The van der Waals surface area contributed by atoms with E-state index in [0.29, 0.717) is 0 Å².